The first kappa shape index (κ1) is 12.8. The highest BCUT2D eigenvalue weighted by molar-refractivity contribution is 5.32. The molecule has 4 heteroatoms. The SMILES string of the molecule is CC(C)(C)NCc1cn(-c2ccc(F)cc2)cn1. The number of imidazole rings is 1. The predicted octanol–water partition coefficient (Wildman–Crippen LogP) is 2.90. The van der Waals surface area contributed by atoms with Gasteiger partial charge in [0, 0.05) is 24.0 Å². The molecule has 0 radical (unpaired) electrons. The summed E-state index contributed by atoms with van der Waals surface area (Å²) in [6.07, 6.45) is 3.69. The fourth-order valence-electron chi connectivity index (χ4n) is 1.57. The first-order valence-electron chi connectivity index (χ1n) is 5.98. The van der Waals surface area contributed by atoms with Crippen molar-refractivity contribution >= 4 is 0 Å². The van der Waals surface area contributed by atoms with Crippen molar-refractivity contribution in [2.24, 2.45) is 0 Å². The van der Waals surface area contributed by atoms with E-state index in [1.54, 1.807) is 18.5 Å². The van der Waals surface area contributed by atoms with Gasteiger partial charge >= 0.3 is 0 Å². The van der Waals surface area contributed by atoms with E-state index in [4.69, 9.17) is 0 Å². The number of nitrogens with zero attached hydrogens (tertiary/aromatic N) is 2. The standard InChI is InChI=1S/C14H18FN3/c1-14(2,3)17-8-12-9-18(10-16-12)13-6-4-11(15)5-7-13/h4-7,9-10,17H,8H2,1-3H3. The number of halogens is 1. The highest BCUT2D eigenvalue weighted by Gasteiger charge is 2.09. The minimum atomic E-state index is -0.228. The molecule has 0 aliphatic heterocycles. The van der Waals surface area contributed by atoms with E-state index in [0.29, 0.717) is 0 Å². The summed E-state index contributed by atoms with van der Waals surface area (Å²) in [7, 11) is 0. The Balaban J connectivity index is 2.08. The van der Waals surface area contributed by atoms with E-state index in [1.807, 2.05) is 10.8 Å². The largest absolute Gasteiger partial charge is 0.306 e. The van der Waals surface area contributed by atoms with Crippen molar-refractivity contribution in [2.75, 3.05) is 0 Å². The van der Waals surface area contributed by atoms with Gasteiger partial charge in [-0.3, -0.25) is 0 Å². The monoisotopic (exact) mass is 247 g/mol. The molecule has 0 saturated heterocycles. The van der Waals surface area contributed by atoms with Crippen molar-refractivity contribution in [1.82, 2.24) is 14.9 Å². The number of rotatable bonds is 3. The molecular weight excluding hydrogens is 229 g/mol. The zero-order valence-corrected chi connectivity index (χ0v) is 10.9. The molecule has 0 aliphatic carbocycles. The van der Waals surface area contributed by atoms with Crippen LogP contribution < -0.4 is 5.32 Å². The van der Waals surface area contributed by atoms with Gasteiger partial charge in [-0.25, -0.2) is 9.37 Å². The van der Waals surface area contributed by atoms with Crippen LogP contribution in [-0.4, -0.2) is 15.1 Å². The zero-order valence-electron chi connectivity index (χ0n) is 10.9. The lowest BCUT2D eigenvalue weighted by atomic mass is 10.1. The van der Waals surface area contributed by atoms with Gasteiger partial charge in [0.15, 0.2) is 0 Å². The number of hydrogen-bond donors (Lipinski definition) is 1. The highest BCUT2D eigenvalue weighted by atomic mass is 19.1. The smallest absolute Gasteiger partial charge is 0.123 e. The Kier molecular flexibility index (Phi) is 3.48. The first-order chi connectivity index (χ1) is 8.44. The summed E-state index contributed by atoms with van der Waals surface area (Å²) >= 11 is 0. The molecule has 0 fully saturated rings. The summed E-state index contributed by atoms with van der Waals surface area (Å²) in [5.74, 6) is -0.228. The number of hydrogen-bond acceptors (Lipinski definition) is 2. The molecule has 0 atom stereocenters. The lowest BCUT2D eigenvalue weighted by molar-refractivity contribution is 0.421. The molecule has 2 aromatic rings. The third-order valence-electron chi connectivity index (χ3n) is 2.56. The summed E-state index contributed by atoms with van der Waals surface area (Å²) in [5, 5.41) is 3.38. The van der Waals surface area contributed by atoms with Gasteiger partial charge in [-0.2, -0.15) is 0 Å². The van der Waals surface area contributed by atoms with E-state index in [9.17, 15) is 4.39 Å². The molecule has 2 rings (SSSR count). The molecule has 3 nitrogen and oxygen atoms in total. The van der Waals surface area contributed by atoms with Crippen LogP contribution in [0.15, 0.2) is 36.8 Å². The van der Waals surface area contributed by atoms with Crippen LogP contribution in [0.25, 0.3) is 5.69 Å². The minimum Gasteiger partial charge on any atom is -0.306 e. The molecule has 0 saturated carbocycles. The Labute approximate surface area is 107 Å². The second-order valence-corrected chi connectivity index (χ2v) is 5.35. The van der Waals surface area contributed by atoms with Crippen LogP contribution in [0, 0.1) is 5.82 Å². The van der Waals surface area contributed by atoms with Gasteiger partial charge in [-0.1, -0.05) is 0 Å². The maximum Gasteiger partial charge on any atom is 0.123 e. The second-order valence-electron chi connectivity index (χ2n) is 5.35. The van der Waals surface area contributed by atoms with Crippen molar-refractivity contribution in [3.05, 3.63) is 48.3 Å². The number of aromatic nitrogens is 2. The van der Waals surface area contributed by atoms with E-state index in [1.165, 1.54) is 12.1 Å². The Bertz CT molecular complexity index is 509. The Hall–Kier alpha value is -1.68. The molecule has 1 heterocycles. The molecule has 1 aromatic heterocycles. The molecule has 0 aliphatic rings. The van der Waals surface area contributed by atoms with Crippen LogP contribution in [0.2, 0.25) is 0 Å². The Morgan fingerprint density at radius 3 is 2.50 bits per heavy atom. The van der Waals surface area contributed by atoms with E-state index in [0.717, 1.165) is 17.9 Å². The normalized spacial score (nSPS) is 11.8. The lowest BCUT2D eigenvalue weighted by Gasteiger charge is -2.19. The van der Waals surface area contributed by atoms with Gasteiger partial charge in [0.05, 0.1) is 12.0 Å². The maximum absolute atomic E-state index is 12.8. The van der Waals surface area contributed by atoms with Crippen LogP contribution >= 0.6 is 0 Å². The fraction of sp³-hybridized carbons (Fsp3) is 0.357. The van der Waals surface area contributed by atoms with Crippen molar-refractivity contribution in [1.29, 1.82) is 0 Å². The van der Waals surface area contributed by atoms with E-state index in [2.05, 4.69) is 31.1 Å². The topological polar surface area (TPSA) is 29.9 Å². The average molecular weight is 247 g/mol. The average Bonchev–Trinajstić information content (AvgIpc) is 2.75. The third-order valence-corrected chi connectivity index (χ3v) is 2.56. The molecule has 1 N–H and O–H groups in total. The molecule has 0 unspecified atom stereocenters. The first-order valence-corrected chi connectivity index (χ1v) is 5.98. The van der Waals surface area contributed by atoms with E-state index < -0.39 is 0 Å². The van der Waals surface area contributed by atoms with Gasteiger partial charge in [-0.15, -0.1) is 0 Å². The van der Waals surface area contributed by atoms with Gasteiger partial charge < -0.3 is 9.88 Å². The van der Waals surface area contributed by atoms with Crippen LogP contribution in [0.3, 0.4) is 0 Å². The van der Waals surface area contributed by atoms with Gasteiger partial charge in [0.1, 0.15) is 5.82 Å². The molecule has 0 bridgehead atoms. The third kappa shape index (κ3) is 3.40. The van der Waals surface area contributed by atoms with Crippen LogP contribution in [0.4, 0.5) is 4.39 Å². The van der Waals surface area contributed by atoms with Gasteiger partial charge in [0.25, 0.3) is 0 Å². The summed E-state index contributed by atoms with van der Waals surface area (Å²) in [6.45, 7) is 7.07. The van der Waals surface area contributed by atoms with Gasteiger partial charge in [0.2, 0.25) is 0 Å². The molecule has 1 aromatic carbocycles. The van der Waals surface area contributed by atoms with Crippen LogP contribution in [0.5, 0.6) is 0 Å². The number of nitrogens with one attached hydrogen (secondary N) is 1. The van der Waals surface area contributed by atoms with Crippen LogP contribution in [0.1, 0.15) is 26.5 Å². The molecule has 96 valence electrons. The van der Waals surface area contributed by atoms with Crippen molar-refractivity contribution in [3.8, 4) is 5.69 Å². The Morgan fingerprint density at radius 2 is 1.89 bits per heavy atom. The lowest BCUT2D eigenvalue weighted by Crippen LogP contribution is -2.35. The molecular formula is C14H18FN3. The van der Waals surface area contributed by atoms with E-state index in [-0.39, 0.29) is 11.4 Å². The molecule has 0 spiro atoms. The summed E-state index contributed by atoms with van der Waals surface area (Å²) in [4.78, 5) is 4.32. The summed E-state index contributed by atoms with van der Waals surface area (Å²) in [6, 6.07) is 6.36. The number of benzene rings is 1. The van der Waals surface area contributed by atoms with Crippen molar-refractivity contribution in [2.45, 2.75) is 32.9 Å². The maximum atomic E-state index is 12.8. The summed E-state index contributed by atoms with van der Waals surface area (Å²) in [5.41, 5.74) is 1.94. The van der Waals surface area contributed by atoms with Crippen molar-refractivity contribution < 1.29 is 4.39 Å². The van der Waals surface area contributed by atoms with Crippen LogP contribution in [-0.2, 0) is 6.54 Å². The van der Waals surface area contributed by atoms with Crippen molar-refractivity contribution in [3.63, 3.8) is 0 Å². The van der Waals surface area contributed by atoms with E-state index >= 15 is 0 Å². The second kappa shape index (κ2) is 4.90. The highest BCUT2D eigenvalue weighted by Crippen LogP contribution is 2.10. The van der Waals surface area contributed by atoms with Gasteiger partial charge in [-0.05, 0) is 45.0 Å². The molecule has 0 amide bonds. The molecule has 18 heavy (non-hydrogen) atoms. The quantitative estimate of drug-likeness (QED) is 0.903. The fourth-order valence-corrected chi connectivity index (χ4v) is 1.57. The summed E-state index contributed by atoms with van der Waals surface area (Å²) < 4.78 is 14.7. The Morgan fingerprint density at radius 1 is 1.22 bits per heavy atom. The zero-order chi connectivity index (χ0) is 13.2. The minimum absolute atomic E-state index is 0.0691. The predicted molar refractivity (Wildman–Crippen MR) is 70.1 cm³/mol.